The number of unbranched alkanes of at least 4 members (excludes halogenated alkanes) is 18. The molecule has 0 aliphatic carbocycles. The molecule has 1 N–H and O–H groups in total. The van der Waals surface area contributed by atoms with Crippen molar-refractivity contribution in [3.8, 4) is 0 Å². The van der Waals surface area contributed by atoms with Gasteiger partial charge in [0.15, 0.2) is 6.10 Å². The van der Waals surface area contributed by atoms with Gasteiger partial charge in [-0.3, -0.25) is 9.59 Å². The van der Waals surface area contributed by atoms with Gasteiger partial charge in [-0.1, -0.05) is 243 Å². The standard InChI is InChI=1S/C72H117NO8/c1-6-8-10-12-14-16-18-20-22-24-26-27-28-29-30-31-32-33-34-35-36-37-38-39-40-41-42-43-45-47-49-51-53-55-57-59-61-63-70(75)81-68(67-80-72(71(76)77)78-65-64-73(3,4)5)66-79-69(74)62-60-58-56-54-52-50-48-46-44-25-23-21-19-17-15-13-11-9-7-2/h8,10,14-17,20-23,26-27,29-30,32-33,35-36,38-39,41-42,45,47,68,72H,6-7,9,11-13,18-19,24-25,28,31,34,37,40,43-44,46,48-67H2,1-5H3/p+1/b10-8-,16-14-,17-15-,22-20-,23-21-,27-26-,30-29-,33-32-,36-35-,39-38-,42-41-,47-45-. The van der Waals surface area contributed by atoms with E-state index in [1.165, 1.54) is 64.2 Å². The van der Waals surface area contributed by atoms with Crippen molar-refractivity contribution < 1.29 is 42.9 Å². The van der Waals surface area contributed by atoms with Crippen LogP contribution in [0.15, 0.2) is 146 Å². The summed E-state index contributed by atoms with van der Waals surface area (Å²) in [6, 6.07) is 0. The number of carbonyl (C=O) groups is 3. The van der Waals surface area contributed by atoms with Gasteiger partial charge in [0.2, 0.25) is 0 Å². The van der Waals surface area contributed by atoms with Gasteiger partial charge in [-0.05, 0) is 122 Å². The normalized spacial score (nSPS) is 13.7. The predicted octanol–water partition coefficient (Wildman–Crippen LogP) is 19.6. The minimum Gasteiger partial charge on any atom is -0.477 e. The highest BCUT2D eigenvalue weighted by molar-refractivity contribution is 5.71. The van der Waals surface area contributed by atoms with Crippen LogP contribution in [-0.4, -0.2) is 87.4 Å². The maximum absolute atomic E-state index is 12.9. The molecule has 9 heteroatoms. The van der Waals surface area contributed by atoms with Gasteiger partial charge in [-0.2, -0.15) is 0 Å². The molecule has 0 radical (unpaired) electrons. The maximum atomic E-state index is 12.9. The first kappa shape index (κ1) is 76.2. The third-order valence-electron chi connectivity index (χ3n) is 13.1. The lowest BCUT2D eigenvalue weighted by molar-refractivity contribution is -0.870. The molecule has 0 bridgehead atoms. The topological polar surface area (TPSA) is 108 Å². The quantitative estimate of drug-likeness (QED) is 0.0211. The molecule has 0 aliphatic heterocycles. The Morgan fingerprint density at radius 2 is 0.704 bits per heavy atom. The van der Waals surface area contributed by atoms with Gasteiger partial charge in [0.05, 0.1) is 34.4 Å². The summed E-state index contributed by atoms with van der Waals surface area (Å²) in [5.41, 5.74) is 0. The van der Waals surface area contributed by atoms with Crippen molar-refractivity contribution in [3.05, 3.63) is 146 Å². The van der Waals surface area contributed by atoms with E-state index in [2.05, 4.69) is 160 Å². The second-order valence-corrected chi connectivity index (χ2v) is 22.0. The number of hydrogen-bond acceptors (Lipinski definition) is 7. The number of esters is 2. The molecule has 9 nitrogen and oxygen atoms in total. The third kappa shape index (κ3) is 62.6. The van der Waals surface area contributed by atoms with Crippen LogP contribution in [0.25, 0.3) is 0 Å². The summed E-state index contributed by atoms with van der Waals surface area (Å²) in [6.45, 7) is 4.70. The molecule has 2 unspecified atom stereocenters. The molecule has 0 aliphatic rings. The van der Waals surface area contributed by atoms with E-state index in [4.69, 9.17) is 18.9 Å². The summed E-state index contributed by atoms with van der Waals surface area (Å²) in [5.74, 6) is -2.04. The zero-order chi connectivity index (χ0) is 59.1. The fourth-order valence-corrected chi connectivity index (χ4v) is 8.19. The van der Waals surface area contributed by atoms with Crippen LogP contribution in [0.5, 0.6) is 0 Å². The van der Waals surface area contributed by atoms with E-state index in [1.54, 1.807) is 0 Å². The number of quaternary nitrogens is 1. The van der Waals surface area contributed by atoms with Crippen LogP contribution in [0.1, 0.15) is 232 Å². The second-order valence-electron chi connectivity index (χ2n) is 22.0. The molecule has 0 spiro atoms. The predicted molar refractivity (Wildman–Crippen MR) is 345 cm³/mol. The molecular weight excluding hydrogens is 1010 g/mol. The Morgan fingerprint density at radius 3 is 1.05 bits per heavy atom. The van der Waals surface area contributed by atoms with Crippen molar-refractivity contribution in [2.75, 3.05) is 47.5 Å². The minimum atomic E-state index is -1.52. The molecule has 0 amide bonds. The zero-order valence-corrected chi connectivity index (χ0v) is 52.1. The van der Waals surface area contributed by atoms with Gasteiger partial charge >= 0.3 is 17.9 Å². The van der Waals surface area contributed by atoms with E-state index in [0.29, 0.717) is 17.4 Å². The average molecular weight is 1130 g/mol. The number of carbonyl (C=O) groups excluding carboxylic acids is 2. The summed E-state index contributed by atoms with van der Waals surface area (Å²) < 4.78 is 22.9. The lowest BCUT2D eigenvalue weighted by atomic mass is 10.1. The number of nitrogens with zero attached hydrogens (tertiary/aromatic N) is 1. The third-order valence-corrected chi connectivity index (χ3v) is 13.1. The molecule has 0 rings (SSSR count). The molecule has 0 aromatic carbocycles. The molecule has 0 aromatic rings. The first-order valence-electron chi connectivity index (χ1n) is 32.0. The minimum absolute atomic E-state index is 0.176. The molecule has 0 fully saturated rings. The summed E-state index contributed by atoms with van der Waals surface area (Å²) in [7, 11) is 5.95. The van der Waals surface area contributed by atoms with Crippen molar-refractivity contribution in [3.63, 3.8) is 0 Å². The van der Waals surface area contributed by atoms with Gasteiger partial charge in [0.1, 0.15) is 13.2 Å². The van der Waals surface area contributed by atoms with Crippen molar-refractivity contribution in [2.45, 2.75) is 245 Å². The van der Waals surface area contributed by atoms with E-state index >= 15 is 0 Å². The fourth-order valence-electron chi connectivity index (χ4n) is 8.19. The number of rotatable bonds is 57. The summed E-state index contributed by atoms with van der Waals surface area (Å²) in [4.78, 5) is 37.5. The number of hydrogen-bond donors (Lipinski definition) is 1. The molecular formula is C72H118NO8+. The van der Waals surface area contributed by atoms with Crippen LogP contribution in [-0.2, 0) is 33.3 Å². The van der Waals surface area contributed by atoms with Crippen LogP contribution in [0.4, 0.5) is 0 Å². The largest absolute Gasteiger partial charge is 0.477 e. The monoisotopic (exact) mass is 1120 g/mol. The molecule has 81 heavy (non-hydrogen) atoms. The summed E-state index contributed by atoms with van der Waals surface area (Å²) >= 11 is 0. The number of carboxylic acid groups (broad SMARTS) is 1. The van der Waals surface area contributed by atoms with Crippen LogP contribution in [0.2, 0.25) is 0 Å². The first-order valence-corrected chi connectivity index (χ1v) is 32.0. The number of carboxylic acids is 1. The van der Waals surface area contributed by atoms with Crippen molar-refractivity contribution in [1.29, 1.82) is 0 Å². The van der Waals surface area contributed by atoms with E-state index < -0.39 is 24.3 Å². The Balaban J connectivity index is 4.26. The maximum Gasteiger partial charge on any atom is 0.361 e. The molecule has 2 atom stereocenters. The molecule has 0 heterocycles. The molecule has 0 saturated heterocycles. The molecule has 458 valence electrons. The lowest BCUT2D eigenvalue weighted by Crippen LogP contribution is -2.40. The van der Waals surface area contributed by atoms with Crippen LogP contribution < -0.4 is 0 Å². The number of likely N-dealkylation sites (N-methyl/N-ethyl adjacent to an activating group) is 1. The van der Waals surface area contributed by atoms with E-state index in [0.717, 1.165) is 135 Å². The fraction of sp³-hybridized carbons (Fsp3) is 0.625. The average Bonchev–Trinajstić information content (AvgIpc) is 3.44. The highest BCUT2D eigenvalue weighted by atomic mass is 16.7. The van der Waals surface area contributed by atoms with Gasteiger partial charge in [-0.25, -0.2) is 4.79 Å². The lowest BCUT2D eigenvalue weighted by Gasteiger charge is -2.25. The molecule has 0 saturated carbocycles. The Kier molecular flexibility index (Phi) is 57.6. The molecule has 0 aromatic heterocycles. The summed E-state index contributed by atoms with van der Waals surface area (Å²) in [5, 5.41) is 9.72. The number of allylic oxidation sites excluding steroid dienone is 24. The highest BCUT2D eigenvalue weighted by Crippen LogP contribution is 2.14. The van der Waals surface area contributed by atoms with Gasteiger partial charge in [0.25, 0.3) is 6.29 Å². The first-order chi connectivity index (χ1) is 39.6. The number of ether oxygens (including phenoxy) is 4. The zero-order valence-electron chi connectivity index (χ0n) is 52.1. The number of aliphatic carboxylic acids is 1. The highest BCUT2D eigenvalue weighted by Gasteiger charge is 2.25. The van der Waals surface area contributed by atoms with Gasteiger partial charge in [-0.15, -0.1) is 0 Å². The van der Waals surface area contributed by atoms with E-state index in [1.807, 2.05) is 21.1 Å². The van der Waals surface area contributed by atoms with Crippen LogP contribution in [0.3, 0.4) is 0 Å². The van der Waals surface area contributed by atoms with Crippen molar-refractivity contribution in [1.82, 2.24) is 0 Å². The second kappa shape index (κ2) is 61.2. The van der Waals surface area contributed by atoms with Crippen molar-refractivity contribution >= 4 is 17.9 Å². The summed E-state index contributed by atoms with van der Waals surface area (Å²) in [6.07, 6.45) is 86.5. The smallest absolute Gasteiger partial charge is 0.361 e. The van der Waals surface area contributed by atoms with E-state index in [-0.39, 0.29) is 38.6 Å². The van der Waals surface area contributed by atoms with Crippen molar-refractivity contribution in [2.24, 2.45) is 0 Å². The Morgan fingerprint density at radius 1 is 0.383 bits per heavy atom. The van der Waals surface area contributed by atoms with Crippen LogP contribution >= 0.6 is 0 Å². The van der Waals surface area contributed by atoms with E-state index in [9.17, 15) is 19.5 Å². The van der Waals surface area contributed by atoms with Gasteiger partial charge in [0, 0.05) is 12.8 Å². The van der Waals surface area contributed by atoms with Gasteiger partial charge < -0.3 is 28.5 Å². The Labute approximate surface area is 496 Å². The Hall–Kier alpha value is -4.83. The Bertz CT molecular complexity index is 1840. The van der Waals surface area contributed by atoms with Crippen LogP contribution in [0, 0.1) is 0 Å². The SMILES string of the molecule is CC/C=C\C/C=C\C/C=C\C/C=C\C/C=C\C/C=C\C/C=C\C/C=C\C/C=C\C/C=C\CCCCCCCCC(=O)OC(COC(=O)CCCCCCCCCCC/C=C\C/C=C\CCCCC)COC(OCC[N+](C)(C)C)C(=O)O.